The summed E-state index contributed by atoms with van der Waals surface area (Å²) in [4.78, 5) is 23.5. The van der Waals surface area contributed by atoms with Crippen molar-refractivity contribution in [3.63, 3.8) is 0 Å². The monoisotopic (exact) mass is 387 g/mol. The van der Waals surface area contributed by atoms with Gasteiger partial charge in [-0.2, -0.15) is 0 Å². The summed E-state index contributed by atoms with van der Waals surface area (Å²) in [7, 11) is 0. The Labute approximate surface area is 168 Å². The number of anilines is 2. The number of ether oxygens (including phenoxy) is 1. The molecule has 1 aliphatic rings. The highest BCUT2D eigenvalue weighted by Crippen LogP contribution is 2.24. The van der Waals surface area contributed by atoms with Crippen LogP contribution in [0.15, 0.2) is 55.0 Å². The molecule has 4 heterocycles. The standard InChI is InChI=1S/C21H21N7O/c1-2-4-15(5-3-1)12-23-20-18-21(25-14-24-20)27-19(26-18)16-6-7-17(22-13-16)28-8-10-29-11-9-28/h1-7,13-14H,8-12H2,(H2,23,24,25,26,27). The number of H-pyrrole nitrogens is 1. The van der Waals surface area contributed by atoms with Gasteiger partial charge in [0.1, 0.15) is 23.5 Å². The first-order chi connectivity index (χ1) is 14.4. The Balaban J connectivity index is 1.38. The molecule has 8 heteroatoms. The van der Waals surface area contributed by atoms with Crippen LogP contribution in [0, 0.1) is 0 Å². The van der Waals surface area contributed by atoms with Gasteiger partial charge in [0, 0.05) is 31.4 Å². The van der Waals surface area contributed by atoms with Crippen LogP contribution in [0.1, 0.15) is 5.56 Å². The summed E-state index contributed by atoms with van der Waals surface area (Å²) in [5.41, 5.74) is 3.51. The molecule has 0 amide bonds. The molecule has 3 aromatic heterocycles. The lowest BCUT2D eigenvalue weighted by Gasteiger charge is -2.27. The highest BCUT2D eigenvalue weighted by molar-refractivity contribution is 5.85. The second-order valence-corrected chi connectivity index (χ2v) is 6.85. The molecule has 4 aromatic rings. The Morgan fingerprint density at radius 3 is 2.66 bits per heavy atom. The van der Waals surface area contributed by atoms with Crippen LogP contribution in [0.3, 0.4) is 0 Å². The molecule has 0 atom stereocenters. The van der Waals surface area contributed by atoms with E-state index in [0.717, 1.165) is 54.8 Å². The van der Waals surface area contributed by atoms with Gasteiger partial charge in [0.2, 0.25) is 0 Å². The number of aromatic amines is 1. The number of hydrogen-bond donors (Lipinski definition) is 2. The van der Waals surface area contributed by atoms with Crippen LogP contribution in [0.4, 0.5) is 11.6 Å². The number of aromatic nitrogens is 5. The predicted octanol–water partition coefficient (Wildman–Crippen LogP) is 2.86. The molecule has 0 spiro atoms. The lowest BCUT2D eigenvalue weighted by molar-refractivity contribution is 0.122. The first-order valence-corrected chi connectivity index (χ1v) is 9.64. The predicted molar refractivity (Wildman–Crippen MR) is 112 cm³/mol. The van der Waals surface area contributed by atoms with Crippen LogP contribution in [-0.2, 0) is 11.3 Å². The highest BCUT2D eigenvalue weighted by Gasteiger charge is 2.14. The molecule has 1 aliphatic heterocycles. The number of rotatable bonds is 5. The molecular weight excluding hydrogens is 366 g/mol. The molecule has 29 heavy (non-hydrogen) atoms. The Morgan fingerprint density at radius 1 is 1.00 bits per heavy atom. The maximum Gasteiger partial charge on any atom is 0.183 e. The van der Waals surface area contributed by atoms with Crippen molar-refractivity contribution in [1.29, 1.82) is 0 Å². The fraction of sp³-hybridized carbons (Fsp3) is 0.238. The van der Waals surface area contributed by atoms with E-state index >= 15 is 0 Å². The molecule has 0 radical (unpaired) electrons. The number of hydrogen-bond acceptors (Lipinski definition) is 7. The van der Waals surface area contributed by atoms with Crippen LogP contribution >= 0.6 is 0 Å². The summed E-state index contributed by atoms with van der Waals surface area (Å²) in [6, 6.07) is 14.2. The van der Waals surface area contributed by atoms with E-state index in [1.165, 1.54) is 11.9 Å². The largest absolute Gasteiger partial charge is 0.378 e. The zero-order valence-corrected chi connectivity index (χ0v) is 15.9. The van der Waals surface area contributed by atoms with Gasteiger partial charge in [0.15, 0.2) is 11.5 Å². The molecular formula is C21H21N7O. The minimum atomic E-state index is 0.628. The maximum absolute atomic E-state index is 5.40. The summed E-state index contributed by atoms with van der Waals surface area (Å²) in [6.45, 7) is 3.89. The highest BCUT2D eigenvalue weighted by atomic mass is 16.5. The molecule has 0 saturated carbocycles. The molecule has 0 bridgehead atoms. The van der Waals surface area contributed by atoms with Crippen molar-refractivity contribution < 1.29 is 4.74 Å². The number of pyridine rings is 1. The molecule has 1 saturated heterocycles. The zero-order valence-electron chi connectivity index (χ0n) is 15.9. The second-order valence-electron chi connectivity index (χ2n) is 6.85. The van der Waals surface area contributed by atoms with E-state index in [0.29, 0.717) is 12.2 Å². The Morgan fingerprint density at radius 2 is 1.86 bits per heavy atom. The van der Waals surface area contributed by atoms with Crippen LogP contribution in [0.5, 0.6) is 0 Å². The van der Waals surface area contributed by atoms with Crippen molar-refractivity contribution >= 4 is 22.8 Å². The second kappa shape index (κ2) is 7.84. The number of benzene rings is 1. The van der Waals surface area contributed by atoms with Crippen molar-refractivity contribution in [3.05, 3.63) is 60.6 Å². The van der Waals surface area contributed by atoms with E-state index < -0.39 is 0 Å². The van der Waals surface area contributed by atoms with Crippen LogP contribution in [0.2, 0.25) is 0 Å². The quantitative estimate of drug-likeness (QED) is 0.544. The third kappa shape index (κ3) is 3.74. The number of fused-ring (bicyclic) bond motifs is 1. The Bertz CT molecular complexity index is 1090. The van der Waals surface area contributed by atoms with Gasteiger partial charge >= 0.3 is 0 Å². The van der Waals surface area contributed by atoms with Gasteiger partial charge in [-0.25, -0.2) is 19.9 Å². The average molecular weight is 387 g/mol. The molecule has 2 N–H and O–H groups in total. The third-order valence-electron chi connectivity index (χ3n) is 4.95. The van der Waals surface area contributed by atoms with E-state index in [1.54, 1.807) is 0 Å². The maximum atomic E-state index is 5.40. The number of nitrogens with zero attached hydrogens (tertiary/aromatic N) is 5. The molecule has 8 nitrogen and oxygen atoms in total. The number of imidazole rings is 1. The van der Waals surface area contributed by atoms with E-state index in [-0.39, 0.29) is 0 Å². The Hall–Kier alpha value is -3.52. The van der Waals surface area contributed by atoms with Gasteiger partial charge in [-0.3, -0.25) is 0 Å². The molecule has 1 aromatic carbocycles. The summed E-state index contributed by atoms with van der Waals surface area (Å²) in [5.74, 6) is 2.41. The summed E-state index contributed by atoms with van der Waals surface area (Å²) >= 11 is 0. The van der Waals surface area contributed by atoms with Gasteiger partial charge in [-0.1, -0.05) is 30.3 Å². The van der Waals surface area contributed by atoms with Crippen LogP contribution in [0.25, 0.3) is 22.6 Å². The van der Waals surface area contributed by atoms with Gasteiger partial charge in [-0.05, 0) is 17.7 Å². The van der Waals surface area contributed by atoms with E-state index in [4.69, 9.17) is 4.74 Å². The van der Waals surface area contributed by atoms with Crippen molar-refractivity contribution in [3.8, 4) is 11.4 Å². The lowest BCUT2D eigenvalue weighted by Crippen LogP contribution is -2.36. The van der Waals surface area contributed by atoms with Crippen molar-refractivity contribution in [2.75, 3.05) is 36.5 Å². The molecule has 1 fully saturated rings. The first-order valence-electron chi connectivity index (χ1n) is 9.64. The zero-order chi connectivity index (χ0) is 19.5. The minimum absolute atomic E-state index is 0.628. The fourth-order valence-corrected chi connectivity index (χ4v) is 3.39. The fourth-order valence-electron chi connectivity index (χ4n) is 3.39. The summed E-state index contributed by atoms with van der Waals surface area (Å²) < 4.78 is 5.40. The Kier molecular flexibility index (Phi) is 4.75. The summed E-state index contributed by atoms with van der Waals surface area (Å²) in [5, 5.41) is 3.36. The van der Waals surface area contributed by atoms with Crippen LogP contribution in [-0.4, -0.2) is 51.2 Å². The molecule has 0 aliphatic carbocycles. The number of morpholine rings is 1. The van der Waals surface area contributed by atoms with Crippen molar-refractivity contribution in [2.24, 2.45) is 0 Å². The van der Waals surface area contributed by atoms with Gasteiger partial charge in [0.25, 0.3) is 0 Å². The van der Waals surface area contributed by atoms with Crippen LogP contribution < -0.4 is 10.2 Å². The number of nitrogens with one attached hydrogen (secondary N) is 2. The minimum Gasteiger partial charge on any atom is -0.378 e. The van der Waals surface area contributed by atoms with E-state index in [9.17, 15) is 0 Å². The van der Waals surface area contributed by atoms with Gasteiger partial charge < -0.3 is 19.9 Å². The average Bonchev–Trinajstić information content (AvgIpc) is 3.24. The smallest absolute Gasteiger partial charge is 0.183 e. The first kappa shape index (κ1) is 17.6. The molecule has 5 rings (SSSR count). The van der Waals surface area contributed by atoms with E-state index in [1.807, 2.05) is 36.5 Å². The van der Waals surface area contributed by atoms with E-state index in [2.05, 4.69) is 47.3 Å². The topological polar surface area (TPSA) is 91.8 Å². The summed E-state index contributed by atoms with van der Waals surface area (Å²) in [6.07, 6.45) is 3.37. The van der Waals surface area contributed by atoms with Crippen molar-refractivity contribution in [1.82, 2.24) is 24.9 Å². The molecule has 0 unspecified atom stereocenters. The van der Waals surface area contributed by atoms with Gasteiger partial charge in [0.05, 0.1) is 13.2 Å². The molecule has 146 valence electrons. The lowest BCUT2D eigenvalue weighted by atomic mass is 10.2. The SMILES string of the molecule is c1ccc(CNc2ncnc3nc(-c4ccc(N5CCOCC5)nc4)[nH]c23)cc1. The normalized spacial score (nSPS) is 14.3. The van der Waals surface area contributed by atoms with Crippen molar-refractivity contribution in [2.45, 2.75) is 6.54 Å². The third-order valence-corrected chi connectivity index (χ3v) is 4.95. The van der Waals surface area contributed by atoms with Gasteiger partial charge in [-0.15, -0.1) is 0 Å².